The Kier molecular flexibility index (Phi) is 3.91. The summed E-state index contributed by atoms with van der Waals surface area (Å²) in [4.78, 5) is 25.7. The van der Waals surface area contributed by atoms with Crippen molar-refractivity contribution in [1.82, 2.24) is 15.5 Å². The normalized spacial score (nSPS) is 29.3. The fourth-order valence-corrected chi connectivity index (χ4v) is 4.05. The lowest BCUT2D eigenvalue weighted by molar-refractivity contribution is -0.131. The van der Waals surface area contributed by atoms with Crippen molar-refractivity contribution in [3.8, 4) is 0 Å². The number of carbonyl (C=O) groups excluding carboxylic acids is 2. The molecule has 2 fully saturated rings. The molecule has 1 heterocycles. The third kappa shape index (κ3) is 2.78. The van der Waals surface area contributed by atoms with E-state index in [0.717, 1.165) is 37.8 Å². The molecule has 3 rings (SSSR count). The lowest BCUT2D eigenvalue weighted by atomic mass is 9.77. The number of urea groups is 1. The molecule has 5 heteroatoms. The number of carbonyl (C=O) groups is 2. The summed E-state index contributed by atoms with van der Waals surface area (Å²) in [5, 5.41) is 6.11. The molecular weight excluding hydrogens is 266 g/mol. The summed E-state index contributed by atoms with van der Waals surface area (Å²) in [5.74, 6) is 0.189. The van der Waals surface area contributed by atoms with Crippen LogP contribution in [0.15, 0.2) is 11.8 Å². The molecule has 0 radical (unpaired) electrons. The van der Waals surface area contributed by atoms with E-state index in [1.807, 2.05) is 7.05 Å². The van der Waals surface area contributed by atoms with E-state index in [0.29, 0.717) is 19.0 Å². The second-order valence-corrected chi connectivity index (χ2v) is 6.67. The van der Waals surface area contributed by atoms with Crippen LogP contribution in [0.1, 0.15) is 51.4 Å². The molecule has 116 valence electrons. The summed E-state index contributed by atoms with van der Waals surface area (Å²) in [5.41, 5.74) is 1.08. The topological polar surface area (TPSA) is 61.4 Å². The van der Waals surface area contributed by atoms with E-state index in [-0.39, 0.29) is 17.4 Å². The van der Waals surface area contributed by atoms with Gasteiger partial charge in [-0.25, -0.2) is 4.79 Å². The lowest BCUT2D eigenvalue weighted by Gasteiger charge is -2.41. The molecule has 5 nitrogen and oxygen atoms in total. The Morgan fingerprint density at radius 2 is 2.14 bits per heavy atom. The molecule has 0 aromatic heterocycles. The molecule has 3 aliphatic rings. The first kappa shape index (κ1) is 14.4. The summed E-state index contributed by atoms with van der Waals surface area (Å²) in [6.45, 7) is 0.634. The highest BCUT2D eigenvalue weighted by atomic mass is 16.2. The molecule has 0 bridgehead atoms. The van der Waals surface area contributed by atoms with Gasteiger partial charge in [0.25, 0.3) is 0 Å². The number of nitrogens with zero attached hydrogens (tertiary/aromatic N) is 1. The Labute approximate surface area is 126 Å². The van der Waals surface area contributed by atoms with Crippen LogP contribution < -0.4 is 10.6 Å². The molecule has 1 unspecified atom stereocenters. The molecule has 1 saturated carbocycles. The van der Waals surface area contributed by atoms with Crippen LogP contribution in [0, 0.1) is 5.41 Å². The van der Waals surface area contributed by atoms with Crippen LogP contribution in [0.5, 0.6) is 0 Å². The van der Waals surface area contributed by atoms with Crippen molar-refractivity contribution < 1.29 is 9.59 Å². The Balaban J connectivity index is 1.57. The monoisotopic (exact) mass is 291 g/mol. The minimum absolute atomic E-state index is 0.0321. The molecule has 1 atom stereocenters. The fourth-order valence-electron chi connectivity index (χ4n) is 4.05. The van der Waals surface area contributed by atoms with Crippen molar-refractivity contribution in [1.29, 1.82) is 0 Å². The minimum atomic E-state index is -0.0536. The van der Waals surface area contributed by atoms with E-state index in [1.165, 1.54) is 12.8 Å². The zero-order valence-corrected chi connectivity index (χ0v) is 12.8. The quantitative estimate of drug-likeness (QED) is 0.837. The Morgan fingerprint density at radius 1 is 1.38 bits per heavy atom. The summed E-state index contributed by atoms with van der Waals surface area (Å²) in [7, 11) is 1.85. The van der Waals surface area contributed by atoms with Gasteiger partial charge in [0.2, 0.25) is 5.91 Å². The van der Waals surface area contributed by atoms with E-state index in [9.17, 15) is 9.59 Å². The van der Waals surface area contributed by atoms with Crippen LogP contribution in [0.4, 0.5) is 4.79 Å². The lowest BCUT2D eigenvalue weighted by Crippen LogP contribution is -2.49. The molecule has 0 spiro atoms. The van der Waals surface area contributed by atoms with Gasteiger partial charge in [0.1, 0.15) is 0 Å². The van der Waals surface area contributed by atoms with Gasteiger partial charge < -0.3 is 15.5 Å². The van der Waals surface area contributed by atoms with Crippen LogP contribution in [0.3, 0.4) is 0 Å². The fraction of sp³-hybridized carbons (Fsp3) is 0.750. The van der Waals surface area contributed by atoms with Gasteiger partial charge in [0.15, 0.2) is 0 Å². The highest BCUT2D eigenvalue weighted by Crippen LogP contribution is 2.46. The Bertz CT molecular complexity index is 468. The number of amides is 3. The average Bonchev–Trinajstić information content (AvgIpc) is 3.11. The van der Waals surface area contributed by atoms with Crippen molar-refractivity contribution in [3.63, 3.8) is 0 Å². The summed E-state index contributed by atoms with van der Waals surface area (Å²) < 4.78 is 0. The molecule has 0 aromatic carbocycles. The van der Waals surface area contributed by atoms with Gasteiger partial charge in [0, 0.05) is 37.2 Å². The first-order valence-electron chi connectivity index (χ1n) is 8.12. The highest BCUT2D eigenvalue weighted by molar-refractivity contribution is 5.80. The standard InChI is InChI=1S/C16H25N3O2/c1-19-13-7-4-9-16(13,10-8-14(19)20)11-17-15(21)18-12-5-2-3-6-12/h7,12H,2-6,8-11H2,1H3,(H2,17,18,21). The van der Waals surface area contributed by atoms with Crippen LogP contribution in [-0.2, 0) is 4.79 Å². The molecule has 1 aliphatic heterocycles. The maximum atomic E-state index is 12.1. The maximum Gasteiger partial charge on any atom is 0.315 e. The number of piperidine rings is 1. The second kappa shape index (κ2) is 5.70. The number of allylic oxidation sites excluding steroid dienone is 1. The SMILES string of the molecule is CN1C(=O)CCC2(CNC(=O)NC3CCCC3)CCC=C12. The number of hydrogen-bond acceptors (Lipinski definition) is 2. The van der Waals surface area contributed by atoms with Gasteiger partial charge in [-0.05, 0) is 32.1 Å². The first-order valence-corrected chi connectivity index (χ1v) is 8.12. The van der Waals surface area contributed by atoms with Crippen LogP contribution in [0.25, 0.3) is 0 Å². The van der Waals surface area contributed by atoms with E-state index < -0.39 is 0 Å². The zero-order valence-electron chi connectivity index (χ0n) is 12.8. The number of nitrogens with one attached hydrogen (secondary N) is 2. The largest absolute Gasteiger partial charge is 0.337 e. The van der Waals surface area contributed by atoms with Crippen LogP contribution in [-0.4, -0.2) is 36.5 Å². The molecule has 0 aromatic rings. The molecular formula is C16H25N3O2. The van der Waals surface area contributed by atoms with Gasteiger partial charge in [-0.15, -0.1) is 0 Å². The molecule has 2 N–H and O–H groups in total. The molecule has 2 aliphatic carbocycles. The van der Waals surface area contributed by atoms with Crippen molar-refractivity contribution in [2.24, 2.45) is 5.41 Å². The number of likely N-dealkylation sites (tertiary alicyclic amines) is 1. The number of hydrogen-bond donors (Lipinski definition) is 2. The van der Waals surface area contributed by atoms with Gasteiger partial charge in [-0.3, -0.25) is 4.79 Å². The molecule has 3 amide bonds. The molecule has 21 heavy (non-hydrogen) atoms. The van der Waals surface area contributed by atoms with E-state index in [4.69, 9.17) is 0 Å². The van der Waals surface area contributed by atoms with Gasteiger partial charge in [-0.1, -0.05) is 18.9 Å². The van der Waals surface area contributed by atoms with Gasteiger partial charge >= 0.3 is 6.03 Å². The first-order chi connectivity index (χ1) is 10.1. The van der Waals surface area contributed by atoms with E-state index in [1.54, 1.807) is 4.90 Å². The summed E-state index contributed by atoms with van der Waals surface area (Å²) in [6.07, 6.45) is 10.3. The van der Waals surface area contributed by atoms with Crippen molar-refractivity contribution in [2.45, 2.75) is 57.4 Å². The maximum absolute atomic E-state index is 12.1. The van der Waals surface area contributed by atoms with Crippen LogP contribution in [0.2, 0.25) is 0 Å². The third-order valence-corrected chi connectivity index (χ3v) is 5.33. The Morgan fingerprint density at radius 3 is 2.90 bits per heavy atom. The van der Waals surface area contributed by atoms with E-state index >= 15 is 0 Å². The third-order valence-electron chi connectivity index (χ3n) is 5.33. The van der Waals surface area contributed by atoms with E-state index in [2.05, 4.69) is 16.7 Å². The zero-order chi connectivity index (χ0) is 14.9. The smallest absolute Gasteiger partial charge is 0.315 e. The predicted molar refractivity (Wildman–Crippen MR) is 80.5 cm³/mol. The van der Waals surface area contributed by atoms with Crippen molar-refractivity contribution in [3.05, 3.63) is 11.8 Å². The van der Waals surface area contributed by atoms with Crippen molar-refractivity contribution in [2.75, 3.05) is 13.6 Å². The Hall–Kier alpha value is -1.52. The summed E-state index contributed by atoms with van der Waals surface area (Å²) in [6, 6.07) is 0.291. The van der Waals surface area contributed by atoms with Crippen molar-refractivity contribution >= 4 is 11.9 Å². The van der Waals surface area contributed by atoms with Crippen LogP contribution >= 0.6 is 0 Å². The van der Waals surface area contributed by atoms with Gasteiger partial charge in [0.05, 0.1) is 0 Å². The predicted octanol–water partition coefficient (Wildman–Crippen LogP) is 2.14. The van der Waals surface area contributed by atoms with Gasteiger partial charge in [-0.2, -0.15) is 0 Å². The minimum Gasteiger partial charge on any atom is -0.337 e. The average molecular weight is 291 g/mol. The number of fused-ring (bicyclic) bond motifs is 1. The number of rotatable bonds is 3. The second-order valence-electron chi connectivity index (χ2n) is 6.67. The molecule has 1 saturated heterocycles. The highest BCUT2D eigenvalue weighted by Gasteiger charge is 2.44. The summed E-state index contributed by atoms with van der Waals surface area (Å²) >= 11 is 0.